The molecule has 162 valence electrons. The first-order chi connectivity index (χ1) is 15.6. The number of benzene rings is 1. The Morgan fingerprint density at radius 2 is 1.78 bits per heavy atom. The molecule has 0 radical (unpaired) electrons. The zero-order valence-corrected chi connectivity index (χ0v) is 19.0. The molecule has 2 heterocycles. The van der Waals surface area contributed by atoms with Gasteiger partial charge in [-0.05, 0) is 29.3 Å². The van der Waals surface area contributed by atoms with E-state index >= 15 is 0 Å². The van der Waals surface area contributed by atoms with Gasteiger partial charge in [-0.1, -0.05) is 18.2 Å². The second-order valence-electron chi connectivity index (χ2n) is 7.00. The van der Waals surface area contributed by atoms with Crippen molar-refractivity contribution in [1.82, 2.24) is 9.97 Å². The number of pyridine rings is 2. The van der Waals surface area contributed by atoms with Gasteiger partial charge in [-0.3, -0.25) is 4.98 Å². The van der Waals surface area contributed by atoms with Crippen LogP contribution >= 0.6 is 11.8 Å². The molecule has 3 aromatic rings. The van der Waals surface area contributed by atoms with E-state index in [1.165, 1.54) is 11.8 Å². The molecule has 0 amide bonds. The number of thioether (sulfide) groups is 1. The Bertz CT molecular complexity index is 1140. The van der Waals surface area contributed by atoms with Crippen molar-refractivity contribution in [3.05, 3.63) is 65.5 Å². The van der Waals surface area contributed by atoms with Crippen LogP contribution in [0.25, 0.3) is 11.1 Å². The Kier molecular flexibility index (Phi) is 8.04. The molecule has 0 saturated heterocycles. The van der Waals surface area contributed by atoms with Crippen molar-refractivity contribution in [3.63, 3.8) is 0 Å². The molecule has 0 saturated carbocycles. The minimum atomic E-state index is 0.366. The molecule has 0 aliphatic heterocycles. The minimum absolute atomic E-state index is 0.366. The number of hydrogen-bond acceptors (Lipinski definition) is 8. The smallest absolute Gasteiger partial charge is 0.148 e. The Morgan fingerprint density at radius 1 is 1.03 bits per heavy atom. The van der Waals surface area contributed by atoms with E-state index < -0.39 is 0 Å². The molecule has 7 nitrogen and oxygen atoms in total. The highest BCUT2D eigenvalue weighted by molar-refractivity contribution is 7.98. The fraction of sp³-hybridized carbons (Fsp3) is 0.250. The third kappa shape index (κ3) is 5.36. The monoisotopic (exact) mass is 445 g/mol. The summed E-state index contributed by atoms with van der Waals surface area (Å²) >= 11 is 1.45. The summed E-state index contributed by atoms with van der Waals surface area (Å²) in [6.45, 7) is 0.935. The number of ether oxygens (including phenoxy) is 2. The van der Waals surface area contributed by atoms with Crippen LogP contribution < -0.4 is 9.64 Å². The normalized spacial score (nSPS) is 10.3. The summed E-state index contributed by atoms with van der Waals surface area (Å²) < 4.78 is 10.6. The molecule has 2 aromatic heterocycles. The first kappa shape index (κ1) is 23.1. The number of hydrogen-bond donors (Lipinski definition) is 0. The minimum Gasteiger partial charge on any atom is -0.491 e. The second kappa shape index (κ2) is 11.1. The van der Waals surface area contributed by atoms with Crippen LogP contribution in [0.1, 0.15) is 16.7 Å². The summed E-state index contributed by atoms with van der Waals surface area (Å²) in [5.41, 5.74) is 3.11. The SMILES string of the molecule is COCCOc1ccc(-c2c(C#N)c(SCc3cccnc3)nc(N(C)C)c2C#N)cc1. The molecule has 0 aliphatic carbocycles. The summed E-state index contributed by atoms with van der Waals surface area (Å²) in [6, 6.07) is 15.7. The number of nitriles is 2. The van der Waals surface area contributed by atoms with Gasteiger partial charge in [0.1, 0.15) is 40.9 Å². The Morgan fingerprint density at radius 3 is 2.38 bits per heavy atom. The van der Waals surface area contributed by atoms with Crippen LogP contribution in [0.2, 0.25) is 0 Å². The van der Waals surface area contributed by atoms with Crippen LogP contribution in [0.5, 0.6) is 5.75 Å². The Labute approximate surface area is 192 Å². The molecule has 0 N–H and O–H groups in total. The van der Waals surface area contributed by atoms with Gasteiger partial charge in [0.2, 0.25) is 0 Å². The molecular formula is C24H23N5O2S. The van der Waals surface area contributed by atoms with E-state index in [1.807, 2.05) is 50.5 Å². The lowest BCUT2D eigenvalue weighted by Gasteiger charge is -2.19. The number of methoxy groups -OCH3 is 1. The molecule has 0 spiro atoms. The first-order valence-electron chi connectivity index (χ1n) is 9.88. The van der Waals surface area contributed by atoms with Crippen LogP contribution in [0.15, 0.2) is 53.8 Å². The van der Waals surface area contributed by atoms with E-state index in [0.29, 0.717) is 52.3 Å². The van der Waals surface area contributed by atoms with Gasteiger partial charge in [0.05, 0.1) is 12.2 Å². The lowest BCUT2D eigenvalue weighted by molar-refractivity contribution is 0.146. The summed E-state index contributed by atoms with van der Waals surface area (Å²) in [7, 11) is 5.29. The van der Waals surface area contributed by atoms with Gasteiger partial charge in [-0.2, -0.15) is 10.5 Å². The summed E-state index contributed by atoms with van der Waals surface area (Å²) in [5.74, 6) is 1.83. The molecule has 32 heavy (non-hydrogen) atoms. The molecule has 1 aromatic carbocycles. The highest BCUT2D eigenvalue weighted by Crippen LogP contribution is 2.38. The highest BCUT2D eigenvalue weighted by atomic mass is 32.2. The molecule has 0 unspecified atom stereocenters. The summed E-state index contributed by atoms with van der Waals surface area (Å²) in [5, 5.41) is 20.6. The van der Waals surface area contributed by atoms with Gasteiger partial charge in [-0.25, -0.2) is 4.98 Å². The van der Waals surface area contributed by atoms with Gasteiger partial charge >= 0.3 is 0 Å². The maximum Gasteiger partial charge on any atom is 0.148 e. The topological polar surface area (TPSA) is 95.1 Å². The lowest BCUT2D eigenvalue weighted by Crippen LogP contribution is -2.15. The van der Waals surface area contributed by atoms with Gasteiger partial charge in [0, 0.05) is 44.9 Å². The summed E-state index contributed by atoms with van der Waals surface area (Å²) in [6.07, 6.45) is 3.51. The van der Waals surface area contributed by atoms with Crippen LogP contribution in [0.4, 0.5) is 5.82 Å². The Hall–Kier alpha value is -3.59. The number of aromatic nitrogens is 2. The average Bonchev–Trinajstić information content (AvgIpc) is 2.82. The standard InChI is InChI=1S/C24H23N5O2S/c1-29(2)23-20(13-25)22(18-6-8-19(9-7-18)31-12-11-30-3)21(14-26)24(28-23)32-16-17-5-4-10-27-15-17/h4-10,15H,11-12,16H2,1-3H3. The third-order valence-corrected chi connectivity index (χ3v) is 5.64. The number of anilines is 1. The van der Waals surface area contributed by atoms with E-state index in [2.05, 4.69) is 22.1 Å². The van der Waals surface area contributed by atoms with Crippen molar-refractivity contribution in [1.29, 1.82) is 10.5 Å². The molecule has 0 fully saturated rings. The van der Waals surface area contributed by atoms with Crippen molar-refractivity contribution < 1.29 is 9.47 Å². The maximum atomic E-state index is 10.0. The molecule has 8 heteroatoms. The van der Waals surface area contributed by atoms with E-state index in [4.69, 9.17) is 9.47 Å². The van der Waals surface area contributed by atoms with Crippen molar-refractivity contribution in [2.45, 2.75) is 10.8 Å². The quantitative estimate of drug-likeness (QED) is 0.356. The predicted molar refractivity (Wildman–Crippen MR) is 125 cm³/mol. The molecule has 3 rings (SSSR count). The van der Waals surface area contributed by atoms with Crippen LogP contribution in [-0.2, 0) is 10.5 Å². The zero-order chi connectivity index (χ0) is 22.9. The average molecular weight is 446 g/mol. The molecule has 0 atom stereocenters. The van der Waals surface area contributed by atoms with Gasteiger partial charge in [0.15, 0.2) is 0 Å². The highest BCUT2D eigenvalue weighted by Gasteiger charge is 2.22. The Balaban J connectivity index is 2.06. The van der Waals surface area contributed by atoms with Gasteiger partial charge in [0.25, 0.3) is 0 Å². The van der Waals surface area contributed by atoms with Crippen molar-refractivity contribution >= 4 is 17.6 Å². The largest absolute Gasteiger partial charge is 0.491 e. The van der Waals surface area contributed by atoms with Crippen molar-refractivity contribution in [2.24, 2.45) is 0 Å². The van der Waals surface area contributed by atoms with Crippen LogP contribution in [0.3, 0.4) is 0 Å². The van der Waals surface area contributed by atoms with E-state index in [-0.39, 0.29) is 0 Å². The van der Waals surface area contributed by atoms with E-state index in [0.717, 1.165) is 11.1 Å². The van der Waals surface area contributed by atoms with E-state index in [1.54, 1.807) is 24.4 Å². The van der Waals surface area contributed by atoms with Crippen molar-refractivity contribution in [2.75, 3.05) is 39.3 Å². The maximum absolute atomic E-state index is 10.0. The van der Waals surface area contributed by atoms with E-state index in [9.17, 15) is 10.5 Å². The summed E-state index contributed by atoms with van der Waals surface area (Å²) in [4.78, 5) is 10.6. The molecule has 0 aliphatic rings. The molecule has 0 bridgehead atoms. The number of nitrogens with zero attached hydrogens (tertiary/aromatic N) is 5. The van der Waals surface area contributed by atoms with Crippen LogP contribution in [-0.4, -0.2) is 44.4 Å². The first-order valence-corrected chi connectivity index (χ1v) is 10.9. The van der Waals surface area contributed by atoms with Crippen molar-refractivity contribution in [3.8, 4) is 29.0 Å². The van der Waals surface area contributed by atoms with Gasteiger partial charge in [-0.15, -0.1) is 11.8 Å². The fourth-order valence-electron chi connectivity index (χ4n) is 3.07. The van der Waals surface area contributed by atoms with Gasteiger partial charge < -0.3 is 14.4 Å². The zero-order valence-electron chi connectivity index (χ0n) is 18.2. The van der Waals surface area contributed by atoms with Crippen LogP contribution in [0, 0.1) is 22.7 Å². The fourth-order valence-corrected chi connectivity index (χ4v) is 3.99. The number of rotatable bonds is 9. The predicted octanol–water partition coefficient (Wildman–Crippen LogP) is 4.27. The molecular weight excluding hydrogens is 422 g/mol. The third-order valence-electron chi connectivity index (χ3n) is 4.59. The second-order valence-corrected chi connectivity index (χ2v) is 7.96. The lowest BCUT2D eigenvalue weighted by atomic mass is 9.96.